The molecule has 25 heavy (non-hydrogen) atoms. The number of carbonyl (C=O) groups excluding carboxylic acids is 1. The fourth-order valence-electron chi connectivity index (χ4n) is 2.24. The minimum Gasteiger partial charge on any atom is -0.497 e. The van der Waals surface area contributed by atoms with E-state index in [1.54, 1.807) is 26.4 Å². The topological polar surface area (TPSA) is 57.1 Å². The quantitative estimate of drug-likeness (QED) is 0.617. The first-order valence-corrected chi connectivity index (χ1v) is 7.67. The average molecular weight is 335 g/mol. The van der Waals surface area contributed by atoms with Crippen molar-refractivity contribution < 1.29 is 19.0 Å². The molecule has 0 fully saturated rings. The van der Waals surface area contributed by atoms with Crippen molar-refractivity contribution >= 4 is 24.0 Å². The van der Waals surface area contributed by atoms with E-state index in [2.05, 4.69) is 4.99 Å². The van der Waals surface area contributed by atoms with Crippen LogP contribution >= 0.6 is 0 Å². The first kappa shape index (κ1) is 16.5. The van der Waals surface area contributed by atoms with Gasteiger partial charge in [0.15, 0.2) is 5.70 Å². The molecule has 0 radical (unpaired) electrons. The van der Waals surface area contributed by atoms with Gasteiger partial charge < -0.3 is 14.2 Å². The molecule has 2 aromatic carbocycles. The predicted molar refractivity (Wildman–Crippen MR) is 96.5 cm³/mol. The summed E-state index contributed by atoms with van der Waals surface area (Å²) in [6.45, 7) is 0. The molecule has 0 bridgehead atoms. The number of hydrogen-bond donors (Lipinski definition) is 0. The van der Waals surface area contributed by atoms with Crippen LogP contribution in [0.15, 0.2) is 65.3 Å². The highest BCUT2D eigenvalue weighted by Gasteiger charge is 2.21. The lowest BCUT2D eigenvalue weighted by Gasteiger charge is -1.99. The maximum absolute atomic E-state index is 11.9. The highest BCUT2D eigenvalue weighted by molar-refractivity contribution is 6.11. The number of cyclic esters (lactones) is 1. The van der Waals surface area contributed by atoms with Crippen molar-refractivity contribution in [3.05, 3.63) is 71.4 Å². The Hall–Kier alpha value is -3.34. The molecule has 0 saturated carbocycles. The fraction of sp³-hybridized carbons (Fsp3) is 0.100. The Bertz CT molecular complexity index is 846. The third-order valence-electron chi connectivity index (χ3n) is 3.59. The molecule has 5 heteroatoms. The van der Waals surface area contributed by atoms with Gasteiger partial charge in [0, 0.05) is 6.08 Å². The standard InChI is InChI=1S/C20H17NO4/c1-23-16-8-3-14(4-9-16)7-12-19-21-18(20(22)25-19)13-15-5-10-17(24-2)11-6-15/h3-13H,1-2H3/b12-7+,18-13-. The van der Waals surface area contributed by atoms with Gasteiger partial charge in [-0.15, -0.1) is 0 Å². The van der Waals surface area contributed by atoms with Gasteiger partial charge in [-0.3, -0.25) is 0 Å². The molecule has 0 amide bonds. The van der Waals surface area contributed by atoms with Crippen LogP contribution < -0.4 is 9.47 Å². The second-order valence-electron chi connectivity index (χ2n) is 5.25. The minimum atomic E-state index is -0.467. The van der Waals surface area contributed by atoms with Crippen LogP contribution in [0, 0.1) is 0 Å². The minimum absolute atomic E-state index is 0.263. The van der Waals surface area contributed by atoms with E-state index in [1.807, 2.05) is 54.6 Å². The van der Waals surface area contributed by atoms with E-state index in [-0.39, 0.29) is 11.6 Å². The fourth-order valence-corrected chi connectivity index (χ4v) is 2.24. The maximum Gasteiger partial charge on any atom is 0.363 e. The first-order valence-electron chi connectivity index (χ1n) is 7.67. The Balaban J connectivity index is 1.74. The smallest absolute Gasteiger partial charge is 0.363 e. The highest BCUT2D eigenvalue weighted by atomic mass is 16.6. The second kappa shape index (κ2) is 7.49. The lowest BCUT2D eigenvalue weighted by Crippen LogP contribution is -2.01. The van der Waals surface area contributed by atoms with Crippen molar-refractivity contribution in [2.75, 3.05) is 14.2 Å². The molecule has 5 nitrogen and oxygen atoms in total. The van der Waals surface area contributed by atoms with E-state index in [4.69, 9.17) is 14.2 Å². The maximum atomic E-state index is 11.9. The van der Waals surface area contributed by atoms with Gasteiger partial charge in [0.05, 0.1) is 14.2 Å². The predicted octanol–water partition coefficient (Wildman–Crippen LogP) is 3.71. The van der Waals surface area contributed by atoms with Crippen LogP contribution in [0.3, 0.4) is 0 Å². The molecule has 1 aliphatic heterocycles. The summed E-state index contributed by atoms with van der Waals surface area (Å²) >= 11 is 0. The summed E-state index contributed by atoms with van der Waals surface area (Å²) in [7, 11) is 3.22. The van der Waals surface area contributed by atoms with Crippen LogP contribution in [-0.2, 0) is 9.53 Å². The van der Waals surface area contributed by atoms with Crippen molar-refractivity contribution in [2.24, 2.45) is 4.99 Å². The number of aliphatic imine (C=N–C) groups is 1. The summed E-state index contributed by atoms with van der Waals surface area (Å²) in [5, 5.41) is 0. The van der Waals surface area contributed by atoms with Gasteiger partial charge in [-0.1, -0.05) is 24.3 Å². The molecule has 3 rings (SSSR count). The number of ether oxygens (including phenoxy) is 3. The Morgan fingerprint density at radius 3 is 1.96 bits per heavy atom. The summed E-state index contributed by atoms with van der Waals surface area (Å²) in [5.41, 5.74) is 2.06. The van der Waals surface area contributed by atoms with Crippen LogP contribution in [-0.4, -0.2) is 26.1 Å². The molecule has 0 N–H and O–H groups in total. The zero-order valence-electron chi connectivity index (χ0n) is 13.9. The molecule has 1 aliphatic rings. The third-order valence-corrected chi connectivity index (χ3v) is 3.59. The molecule has 1 heterocycles. The van der Waals surface area contributed by atoms with Gasteiger partial charge in [-0.25, -0.2) is 9.79 Å². The number of esters is 1. The van der Waals surface area contributed by atoms with Gasteiger partial charge in [-0.05, 0) is 47.5 Å². The van der Waals surface area contributed by atoms with Gasteiger partial charge in [0.2, 0.25) is 5.90 Å². The SMILES string of the molecule is COc1ccc(/C=C2N=C(/C=C/c3ccc(OC)cc3)OC\2=O)cc1. The average Bonchev–Trinajstić information content (AvgIpc) is 3.00. The molecule has 0 unspecified atom stereocenters. The number of carbonyl (C=O) groups is 1. The van der Waals surface area contributed by atoms with Crippen molar-refractivity contribution in [2.45, 2.75) is 0 Å². The van der Waals surface area contributed by atoms with Gasteiger partial charge in [0.1, 0.15) is 11.5 Å². The van der Waals surface area contributed by atoms with Crippen molar-refractivity contribution in [3.63, 3.8) is 0 Å². The van der Waals surface area contributed by atoms with E-state index in [0.717, 1.165) is 22.6 Å². The number of hydrogen-bond acceptors (Lipinski definition) is 5. The lowest BCUT2D eigenvalue weighted by molar-refractivity contribution is -0.129. The van der Waals surface area contributed by atoms with E-state index in [9.17, 15) is 4.79 Å². The first-order chi connectivity index (χ1) is 12.2. The van der Waals surface area contributed by atoms with Crippen molar-refractivity contribution in [1.29, 1.82) is 0 Å². The largest absolute Gasteiger partial charge is 0.497 e. The van der Waals surface area contributed by atoms with Crippen LogP contribution in [0.5, 0.6) is 11.5 Å². The zero-order chi connectivity index (χ0) is 17.6. The monoisotopic (exact) mass is 335 g/mol. The van der Waals surface area contributed by atoms with Crippen LogP contribution in [0.1, 0.15) is 11.1 Å². The highest BCUT2D eigenvalue weighted by Crippen LogP contribution is 2.19. The zero-order valence-corrected chi connectivity index (χ0v) is 13.9. The Morgan fingerprint density at radius 2 is 1.40 bits per heavy atom. The number of rotatable bonds is 5. The molecule has 0 aliphatic carbocycles. The van der Waals surface area contributed by atoms with Gasteiger partial charge in [0.25, 0.3) is 0 Å². The molecule has 0 aromatic heterocycles. The number of benzene rings is 2. The molecule has 2 aromatic rings. The second-order valence-corrected chi connectivity index (χ2v) is 5.25. The van der Waals surface area contributed by atoms with Crippen LogP contribution in [0.25, 0.3) is 12.2 Å². The van der Waals surface area contributed by atoms with Gasteiger partial charge in [-0.2, -0.15) is 0 Å². The van der Waals surface area contributed by atoms with Crippen molar-refractivity contribution in [1.82, 2.24) is 0 Å². The van der Waals surface area contributed by atoms with E-state index >= 15 is 0 Å². The Labute approximate surface area is 145 Å². The van der Waals surface area contributed by atoms with Crippen molar-refractivity contribution in [3.8, 4) is 11.5 Å². The normalized spacial score (nSPS) is 15.4. The van der Waals surface area contributed by atoms with E-state index in [1.165, 1.54) is 0 Å². The summed E-state index contributed by atoms with van der Waals surface area (Å²) in [4.78, 5) is 16.1. The lowest BCUT2D eigenvalue weighted by atomic mass is 10.2. The van der Waals surface area contributed by atoms with Crippen LogP contribution in [0.4, 0.5) is 0 Å². The summed E-state index contributed by atoms with van der Waals surface area (Å²) < 4.78 is 15.4. The summed E-state index contributed by atoms with van der Waals surface area (Å²) in [6.07, 6.45) is 5.16. The molecule has 126 valence electrons. The molecule has 0 saturated heterocycles. The third kappa shape index (κ3) is 4.14. The summed E-state index contributed by atoms with van der Waals surface area (Å²) in [6, 6.07) is 14.9. The van der Waals surface area contributed by atoms with Crippen LogP contribution in [0.2, 0.25) is 0 Å². The molecular weight excluding hydrogens is 318 g/mol. The Morgan fingerprint density at radius 1 is 0.840 bits per heavy atom. The Kier molecular flexibility index (Phi) is 4.95. The van der Waals surface area contributed by atoms with E-state index in [0.29, 0.717) is 0 Å². The summed E-state index contributed by atoms with van der Waals surface area (Å²) in [5.74, 6) is 1.33. The van der Waals surface area contributed by atoms with E-state index < -0.39 is 5.97 Å². The van der Waals surface area contributed by atoms with Gasteiger partial charge >= 0.3 is 5.97 Å². The molecule has 0 atom stereocenters. The number of nitrogens with zero attached hydrogens (tertiary/aromatic N) is 1. The molecular formula is C20H17NO4. The molecule has 0 spiro atoms. The number of methoxy groups -OCH3 is 2.